The number of nitrogens with one attached hydrogen (secondary N) is 2. The van der Waals surface area contributed by atoms with Crippen molar-refractivity contribution in [2.24, 2.45) is 0 Å². The monoisotopic (exact) mass is 386 g/mol. The number of methoxy groups -OCH3 is 3. The number of ether oxygens (including phenoxy) is 3. The van der Waals surface area contributed by atoms with E-state index in [2.05, 4.69) is 10.6 Å². The number of aryl methyl sites for hydroxylation is 1. The molecule has 0 aromatic heterocycles. The molecule has 2 N–H and O–H groups in total. The molecule has 7 nitrogen and oxygen atoms in total. The minimum Gasteiger partial charge on any atom is -0.493 e. The van der Waals surface area contributed by atoms with Gasteiger partial charge in [-0.2, -0.15) is 0 Å². The summed E-state index contributed by atoms with van der Waals surface area (Å²) >= 11 is 0. The van der Waals surface area contributed by atoms with E-state index >= 15 is 0 Å². The molecule has 2 aromatic carbocycles. The molecule has 1 atom stereocenters. The lowest BCUT2D eigenvalue weighted by atomic mass is 10.1. The molecule has 0 fully saturated rings. The van der Waals surface area contributed by atoms with E-state index in [0.717, 1.165) is 11.1 Å². The number of carbonyl (C=O) groups is 2. The first kappa shape index (κ1) is 21.1. The van der Waals surface area contributed by atoms with Gasteiger partial charge in [0, 0.05) is 12.1 Å². The van der Waals surface area contributed by atoms with Crippen LogP contribution in [0.4, 0.5) is 0 Å². The molecule has 2 aromatic rings. The first-order valence-corrected chi connectivity index (χ1v) is 8.84. The van der Waals surface area contributed by atoms with Crippen molar-refractivity contribution >= 4 is 11.8 Å². The molecule has 0 radical (unpaired) electrons. The van der Waals surface area contributed by atoms with Gasteiger partial charge in [0.25, 0.3) is 5.91 Å². The van der Waals surface area contributed by atoms with Gasteiger partial charge in [-0.15, -0.1) is 0 Å². The number of benzene rings is 2. The van der Waals surface area contributed by atoms with Gasteiger partial charge in [0.2, 0.25) is 11.7 Å². The number of carbonyl (C=O) groups excluding carboxylic acids is 2. The van der Waals surface area contributed by atoms with E-state index < -0.39 is 11.9 Å². The van der Waals surface area contributed by atoms with Crippen LogP contribution in [0.5, 0.6) is 17.2 Å². The summed E-state index contributed by atoms with van der Waals surface area (Å²) in [6.07, 6.45) is 0. The van der Waals surface area contributed by atoms with Gasteiger partial charge in [-0.3, -0.25) is 9.59 Å². The summed E-state index contributed by atoms with van der Waals surface area (Å²) in [7, 11) is 4.43. The van der Waals surface area contributed by atoms with Crippen molar-refractivity contribution in [3.63, 3.8) is 0 Å². The van der Waals surface area contributed by atoms with Crippen LogP contribution in [0.2, 0.25) is 0 Å². The molecule has 0 aliphatic carbocycles. The topological polar surface area (TPSA) is 85.9 Å². The van der Waals surface area contributed by atoms with Crippen molar-refractivity contribution in [2.75, 3.05) is 21.3 Å². The Bertz CT molecular complexity index is 825. The van der Waals surface area contributed by atoms with Gasteiger partial charge in [0.1, 0.15) is 6.04 Å². The third-order valence-electron chi connectivity index (χ3n) is 4.38. The van der Waals surface area contributed by atoms with Crippen LogP contribution in [-0.4, -0.2) is 39.2 Å². The lowest BCUT2D eigenvalue weighted by molar-refractivity contribution is -0.122. The number of hydrogen-bond acceptors (Lipinski definition) is 5. The standard InChI is InChI=1S/C21H26N2O5/c1-13-8-6-7-9-15(13)12-22-20(24)14(2)23-21(25)16-10-17(26-3)19(28-5)18(11-16)27-4/h6-11,14H,12H2,1-5H3,(H,22,24)(H,23,25)/t14-/m0/s1. The normalized spacial score (nSPS) is 11.3. The van der Waals surface area contributed by atoms with Crippen molar-refractivity contribution in [3.05, 3.63) is 53.1 Å². The Kier molecular flexibility index (Phi) is 7.26. The van der Waals surface area contributed by atoms with Gasteiger partial charge in [0.05, 0.1) is 21.3 Å². The van der Waals surface area contributed by atoms with Gasteiger partial charge in [-0.1, -0.05) is 24.3 Å². The lowest BCUT2D eigenvalue weighted by Crippen LogP contribution is -2.44. The summed E-state index contributed by atoms with van der Waals surface area (Å²) in [6.45, 7) is 4.01. The van der Waals surface area contributed by atoms with Crippen LogP contribution < -0.4 is 24.8 Å². The van der Waals surface area contributed by atoms with Crippen LogP contribution in [0.1, 0.15) is 28.4 Å². The van der Waals surface area contributed by atoms with Crippen LogP contribution in [0.25, 0.3) is 0 Å². The predicted octanol–water partition coefficient (Wildman–Crippen LogP) is 2.46. The summed E-state index contributed by atoms with van der Waals surface area (Å²) in [4.78, 5) is 24.9. The maximum Gasteiger partial charge on any atom is 0.252 e. The summed E-state index contributed by atoms with van der Waals surface area (Å²) in [6, 6.07) is 10.2. The van der Waals surface area contributed by atoms with Gasteiger partial charge >= 0.3 is 0 Å². The second kappa shape index (κ2) is 9.64. The van der Waals surface area contributed by atoms with Crippen molar-refractivity contribution in [2.45, 2.75) is 26.4 Å². The second-order valence-electron chi connectivity index (χ2n) is 6.25. The fourth-order valence-electron chi connectivity index (χ4n) is 2.70. The van der Waals surface area contributed by atoms with Crippen LogP contribution >= 0.6 is 0 Å². The SMILES string of the molecule is COc1cc(C(=O)N[C@@H](C)C(=O)NCc2ccccc2C)cc(OC)c1OC. The van der Waals surface area contributed by atoms with E-state index in [4.69, 9.17) is 14.2 Å². The molecule has 0 spiro atoms. The van der Waals surface area contributed by atoms with Gasteiger partial charge in [-0.25, -0.2) is 0 Å². The van der Waals surface area contributed by atoms with E-state index in [1.54, 1.807) is 6.92 Å². The van der Waals surface area contributed by atoms with Crippen molar-refractivity contribution < 1.29 is 23.8 Å². The Labute approximate surface area is 165 Å². The molecule has 2 rings (SSSR count). The van der Waals surface area contributed by atoms with E-state index in [1.165, 1.54) is 33.5 Å². The Morgan fingerprint density at radius 3 is 2.14 bits per heavy atom. The third kappa shape index (κ3) is 4.94. The zero-order valence-corrected chi connectivity index (χ0v) is 16.8. The minimum absolute atomic E-state index is 0.274. The molecule has 0 saturated carbocycles. The Balaban J connectivity index is 2.05. The molecule has 0 bridgehead atoms. The zero-order chi connectivity index (χ0) is 20.7. The van der Waals surface area contributed by atoms with Crippen molar-refractivity contribution in [1.82, 2.24) is 10.6 Å². The minimum atomic E-state index is -0.712. The quantitative estimate of drug-likeness (QED) is 0.728. The fraction of sp³-hybridized carbons (Fsp3) is 0.333. The van der Waals surface area contributed by atoms with Gasteiger partial charge in [-0.05, 0) is 37.1 Å². The summed E-state index contributed by atoms with van der Waals surface area (Å²) in [5.41, 5.74) is 2.42. The van der Waals surface area contributed by atoms with E-state index in [-0.39, 0.29) is 5.91 Å². The molecule has 0 aliphatic rings. The lowest BCUT2D eigenvalue weighted by Gasteiger charge is -2.17. The summed E-state index contributed by atoms with van der Waals surface area (Å²) in [5, 5.41) is 5.52. The molecule has 150 valence electrons. The molecule has 28 heavy (non-hydrogen) atoms. The number of hydrogen-bond donors (Lipinski definition) is 2. The Morgan fingerprint density at radius 2 is 1.61 bits per heavy atom. The predicted molar refractivity (Wildman–Crippen MR) is 106 cm³/mol. The van der Waals surface area contributed by atoms with E-state index in [0.29, 0.717) is 29.4 Å². The van der Waals surface area contributed by atoms with Crippen molar-refractivity contribution in [3.8, 4) is 17.2 Å². The highest BCUT2D eigenvalue weighted by Crippen LogP contribution is 2.38. The smallest absolute Gasteiger partial charge is 0.252 e. The molecular weight excluding hydrogens is 360 g/mol. The molecule has 0 unspecified atom stereocenters. The second-order valence-corrected chi connectivity index (χ2v) is 6.25. The Hall–Kier alpha value is -3.22. The molecule has 7 heteroatoms. The fourth-order valence-corrected chi connectivity index (χ4v) is 2.70. The highest BCUT2D eigenvalue weighted by atomic mass is 16.5. The molecule has 0 aliphatic heterocycles. The highest BCUT2D eigenvalue weighted by Gasteiger charge is 2.20. The average Bonchev–Trinajstić information content (AvgIpc) is 2.71. The van der Waals surface area contributed by atoms with Gasteiger partial charge < -0.3 is 24.8 Å². The first-order valence-electron chi connectivity index (χ1n) is 8.84. The van der Waals surface area contributed by atoms with E-state index in [1.807, 2.05) is 31.2 Å². The Morgan fingerprint density at radius 1 is 1.00 bits per heavy atom. The first-order chi connectivity index (χ1) is 13.4. The zero-order valence-electron chi connectivity index (χ0n) is 16.8. The van der Waals surface area contributed by atoms with Crippen LogP contribution in [0, 0.1) is 6.92 Å². The average molecular weight is 386 g/mol. The van der Waals surface area contributed by atoms with Crippen LogP contribution in [0.15, 0.2) is 36.4 Å². The van der Waals surface area contributed by atoms with Crippen LogP contribution in [-0.2, 0) is 11.3 Å². The number of amides is 2. The maximum atomic E-state index is 12.6. The molecule has 0 heterocycles. The van der Waals surface area contributed by atoms with Crippen molar-refractivity contribution in [1.29, 1.82) is 0 Å². The maximum absolute atomic E-state index is 12.6. The molecule has 0 saturated heterocycles. The summed E-state index contributed by atoms with van der Waals surface area (Å²) in [5.74, 6) is 0.430. The summed E-state index contributed by atoms with van der Waals surface area (Å²) < 4.78 is 15.8. The number of rotatable bonds is 8. The van der Waals surface area contributed by atoms with Gasteiger partial charge in [0.15, 0.2) is 11.5 Å². The molecule has 2 amide bonds. The van der Waals surface area contributed by atoms with Crippen LogP contribution in [0.3, 0.4) is 0 Å². The highest BCUT2D eigenvalue weighted by molar-refractivity contribution is 5.98. The third-order valence-corrected chi connectivity index (χ3v) is 4.38. The molecular formula is C21H26N2O5. The van der Waals surface area contributed by atoms with E-state index in [9.17, 15) is 9.59 Å². The largest absolute Gasteiger partial charge is 0.493 e.